The second kappa shape index (κ2) is 8.08. The van der Waals surface area contributed by atoms with Gasteiger partial charge in [0.15, 0.2) is 0 Å². The maximum atomic E-state index is 2.46. The zero-order valence-corrected chi connectivity index (χ0v) is 21.8. The summed E-state index contributed by atoms with van der Waals surface area (Å²) in [4.78, 5) is 0. The van der Waals surface area contributed by atoms with Crippen molar-refractivity contribution in [2.24, 2.45) is 0 Å². The van der Waals surface area contributed by atoms with E-state index in [9.17, 15) is 0 Å². The molecule has 0 aliphatic heterocycles. The van der Waals surface area contributed by atoms with Crippen LogP contribution < -0.4 is 0 Å². The third-order valence-electron chi connectivity index (χ3n) is 8.46. The normalized spacial score (nSPS) is 12.0. The van der Waals surface area contributed by atoms with E-state index in [1.54, 1.807) is 0 Å². The van der Waals surface area contributed by atoms with Gasteiger partial charge < -0.3 is 9.13 Å². The van der Waals surface area contributed by atoms with E-state index in [0.29, 0.717) is 0 Å². The topological polar surface area (TPSA) is 9.86 Å². The molecule has 0 saturated heterocycles. The maximum Gasteiger partial charge on any atom is 0.0619 e. The van der Waals surface area contributed by atoms with E-state index in [2.05, 4.69) is 155 Å². The van der Waals surface area contributed by atoms with E-state index in [1.807, 2.05) is 0 Å². The molecule has 0 atom stereocenters. The molecule has 2 nitrogen and oxygen atoms in total. The van der Waals surface area contributed by atoms with E-state index in [1.165, 1.54) is 76.5 Å². The van der Waals surface area contributed by atoms with Crippen LogP contribution in [0.2, 0.25) is 0 Å². The lowest BCUT2D eigenvalue weighted by molar-refractivity contribution is 1.17. The molecule has 186 valence electrons. The van der Waals surface area contributed by atoms with Gasteiger partial charge in [0.2, 0.25) is 0 Å². The molecule has 7 aromatic carbocycles. The molecular weight excluding hydrogens is 484 g/mol. The third-order valence-corrected chi connectivity index (χ3v) is 8.46. The van der Waals surface area contributed by atoms with Gasteiger partial charge in [-0.15, -0.1) is 0 Å². The summed E-state index contributed by atoms with van der Waals surface area (Å²) < 4.78 is 4.90. The maximum absolute atomic E-state index is 2.46. The molecule has 0 amide bonds. The molecule has 0 saturated carbocycles. The third kappa shape index (κ3) is 2.82. The van der Waals surface area contributed by atoms with Crippen LogP contribution in [-0.4, -0.2) is 9.13 Å². The van der Waals surface area contributed by atoms with Crippen LogP contribution in [0, 0.1) is 0 Å². The Morgan fingerprint density at radius 3 is 1.50 bits per heavy atom. The molecule has 0 N–H and O–H groups in total. The highest BCUT2D eigenvalue weighted by Gasteiger charge is 2.22. The molecule has 9 rings (SSSR count). The summed E-state index contributed by atoms with van der Waals surface area (Å²) in [6.45, 7) is 0. The molecule has 0 bridgehead atoms. The molecular formula is C38H24N2. The Bertz CT molecular complexity index is 2410. The minimum absolute atomic E-state index is 1.18. The number of rotatable bonds is 2. The molecule has 0 spiro atoms. The van der Waals surface area contributed by atoms with Crippen LogP contribution >= 0.6 is 0 Å². The number of hydrogen-bond acceptors (Lipinski definition) is 0. The first-order valence-electron chi connectivity index (χ1n) is 13.8. The summed E-state index contributed by atoms with van der Waals surface area (Å²) in [6, 6.07) is 52.9. The van der Waals surface area contributed by atoms with Crippen LogP contribution in [0.1, 0.15) is 0 Å². The summed E-state index contributed by atoms with van der Waals surface area (Å²) in [5.74, 6) is 0. The van der Waals surface area contributed by atoms with Crippen molar-refractivity contribution in [2.75, 3.05) is 0 Å². The van der Waals surface area contributed by atoms with Crippen LogP contribution in [0.5, 0.6) is 0 Å². The summed E-state index contributed by atoms with van der Waals surface area (Å²) in [5.41, 5.74) is 7.29. The smallest absolute Gasteiger partial charge is 0.0619 e. The van der Waals surface area contributed by atoms with Crippen molar-refractivity contribution in [3.8, 4) is 11.4 Å². The number of benzene rings is 7. The van der Waals surface area contributed by atoms with Crippen molar-refractivity contribution in [3.05, 3.63) is 146 Å². The summed E-state index contributed by atoms with van der Waals surface area (Å²) in [6.07, 6.45) is 0. The lowest BCUT2D eigenvalue weighted by Gasteiger charge is -2.10. The van der Waals surface area contributed by atoms with Gasteiger partial charge in [0.25, 0.3) is 0 Å². The van der Waals surface area contributed by atoms with E-state index in [4.69, 9.17) is 0 Å². The van der Waals surface area contributed by atoms with Gasteiger partial charge in [0.05, 0.1) is 22.1 Å². The lowest BCUT2D eigenvalue weighted by atomic mass is 9.99. The van der Waals surface area contributed by atoms with Gasteiger partial charge in [0, 0.05) is 38.3 Å². The van der Waals surface area contributed by atoms with Gasteiger partial charge in [-0.3, -0.25) is 0 Å². The average molecular weight is 509 g/mol. The van der Waals surface area contributed by atoms with Crippen molar-refractivity contribution in [2.45, 2.75) is 0 Å². The summed E-state index contributed by atoms with van der Waals surface area (Å²) in [5, 5.41) is 10.3. The molecule has 0 unspecified atom stereocenters. The van der Waals surface area contributed by atoms with Crippen LogP contribution in [0.15, 0.2) is 146 Å². The predicted molar refractivity (Wildman–Crippen MR) is 170 cm³/mol. The Morgan fingerprint density at radius 2 is 0.775 bits per heavy atom. The van der Waals surface area contributed by atoms with Gasteiger partial charge in [-0.05, 0) is 58.6 Å². The van der Waals surface area contributed by atoms with E-state index in [-0.39, 0.29) is 0 Å². The minimum Gasteiger partial charge on any atom is -0.309 e. The van der Waals surface area contributed by atoms with E-state index in [0.717, 1.165) is 0 Å². The molecule has 2 heteroatoms. The molecule has 0 radical (unpaired) electrons. The summed E-state index contributed by atoms with van der Waals surface area (Å²) >= 11 is 0. The Morgan fingerprint density at radius 1 is 0.300 bits per heavy atom. The van der Waals surface area contributed by atoms with Gasteiger partial charge in [-0.25, -0.2) is 0 Å². The highest BCUT2D eigenvalue weighted by Crippen LogP contribution is 2.45. The number of para-hydroxylation sites is 2. The number of hydrogen-bond donors (Lipinski definition) is 0. The van der Waals surface area contributed by atoms with Crippen molar-refractivity contribution in [3.63, 3.8) is 0 Å². The Hall–Kier alpha value is -5.34. The first-order chi connectivity index (χ1) is 19.9. The second-order valence-electron chi connectivity index (χ2n) is 10.6. The number of aromatic nitrogens is 2. The molecule has 2 heterocycles. The largest absolute Gasteiger partial charge is 0.309 e. The van der Waals surface area contributed by atoms with Crippen LogP contribution in [0.3, 0.4) is 0 Å². The van der Waals surface area contributed by atoms with Gasteiger partial charge in [-0.1, -0.05) is 103 Å². The molecule has 2 aromatic heterocycles. The fourth-order valence-electron chi connectivity index (χ4n) is 6.84. The van der Waals surface area contributed by atoms with Gasteiger partial charge in [-0.2, -0.15) is 0 Å². The fourth-order valence-corrected chi connectivity index (χ4v) is 6.84. The zero-order valence-electron chi connectivity index (χ0n) is 21.8. The Balaban J connectivity index is 1.61. The molecule has 9 aromatic rings. The lowest BCUT2D eigenvalue weighted by Crippen LogP contribution is -1.94. The van der Waals surface area contributed by atoms with Crippen LogP contribution in [0.4, 0.5) is 0 Å². The Kier molecular flexibility index (Phi) is 4.36. The zero-order chi connectivity index (χ0) is 26.2. The predicted octanol–water partition coefficient (Wildman–Crippen LogP) is 10.2. The van der Waals surface area contributed by atoms with Gasteiger partial charge in [0.1, 0.15) is 0 Å². The van der Waals surface area contributed by atoms with Crippen LogP contribution in [-0.2, 0) is 0 Å². The Labute approximate surface area is 230 Å². The van der Waals surface area contributed by atoms with Crippen molar-refractivity contribution in [1.29, 1.82) is 0 Å². The van der Waals surface area contributed by atoms with Crippen molar-refractivity contribution in [1.82, 2.24) is 9.13 Å². The van der Waals surface area contributed by atoms with Gasteiger partial charge >= 0.3 is 0 Å². The number of nitrogens with zero attached hydrogens (tertiary/aromatic N) is 2. The fraction of sp³-hybridized carbons (Fsp3) is 0. The molecule has 0 fully saturated rings. The quantitative estimate of drug-likeness (QED) is 0.220. The molecule has 40 heavy (non-hydrogen) atoms. The minimum atomic E-state index is 1.18. The summed E-state index contributed by atoms with van der Waals surface area (Å²) in [7, 11) is 0. The standard InChI is InChI=1S/C38H24N2/c1-3-13-27(14-4-1)39-32-22-20-25-11-7-9-17-29(25)35(32)37-34(39)24-23-33-36(37)31-21-19-26-12-8-10-18-30(26)38(31)40(33)28-15-5-2-6-16-28/h1-24H. The van der Waals surface area contributed by atoms with Crippen molar-refractivity contribution < 1.29 is 0 Å². The first-order valence-corrected chi connectivity index (χ1v) is 13.8. The average Bonchev–Trinajstić information content (AvgIpc) is 3.55. The van der Waals surface area contributed by atoms with E-state index >= 15 is 0 Å². The second-order valence-corrected chi connectivity index (χ2v) is 10.6. The highest BCUT2D eigenvalue weighted by atomic mass is 15.0. The van der Waals surface area contributed by atoms with Crippen LogP contribution in [0.25, 0.3) is 76.5 Å². The first kappa shape index (κ1) is 21.6. The van der Waals surface area contributed by atoms with E-state index < -0.39 is 0 Å². The highest BCUT2D eigenvalue weighted by molar-refractivity contribution is 6.34. The SMILES string of the molecule is c1ccc(-n2c3ccc4ccccc4c3c3c4c5ccc6ccccc6c5n(-c5ccccc5)c4ccc32)cc1. The molecule has 0 aliphatic rings. The van der Waals surface area contributed by atoms with Crippen molar-refractivity contribution >= 4 is 65.2 Å². The molecule has 0 aliphatic carbocycles. The number of fused-ring (bicyclic) bond motifs is 11. The monoisotopic (exact) mass is 508 g/mol.